The number of hydrogen-bond donors (Lipinski definition) is 2. The SMILES string of the molecule is CNc1nc(C2CCC2)nc2c1CNCC2. The lowest BCUT2D eigenvalue weighted by Crippen LogP contribution is -2.27. The molecule has 2 heterocycles. The van der Waals surface area contributed by atoms with Crippen LogP contribution in [-0.2, 0) is 13.0 Å². The predicted molar refractivity (Wildman–Crippen MR) is 63.6 cm³/mol. The Bertz CT molecular complexity index is 381. The van der Waals surface area contributed by atoms with E-state index in [1.807, 2.05) is 7.05 Å². The molecular formula is C12H18N4. The molecule has 0 aromatic carbocycles. The van der Waals surface area contributed by atoms with Crippen LogP contribution < -0.4 is 10.6 Å². The molecule has 16 heavy (non-hydrogen) atoms. The van der Waals surface area contributed by atoms with Gasteiger partial charge in [0.15, 0.2) is 0 Å². The average Bonchev–Trinajstić information content (AvgIpc) is 2.25. The third-order valence-electron chi connectivity index (χ3n) is 3.66. The van der Waals surface area contributed by atoms with E-state index < -0.39 is 0 Å². The summed E-state index contributed by atoms with van der Waals surface area (Å²) in [7, 11) is 1.95. The van der Waals surface area contributed by atoms with Crippen LogP contribution in [0.5, 0.6) is 0 Å². The first kappa shape index (κ1) is 10.0. The summed E-state index contributed by atoms with van der Waals surface area (Å²) in [5, 5.41) is 6.58. The highest BCUT2D eigenvalue weighted by Gasteiger charge is 2.25. The molecule has 4 heteroatoms. The summed E-state index contributed by atoms with van der Waals surface area (Å²) < 4.78 is 0. The van der Waals surface area contributed by atoms with Crippen LogP contribution in [0.25, 0.3) is 0 Å². The maximum atomic E-state index is 4.75. The summed E-state index contributed by atoms with van der Waals surface area (Å²) in [5.41, 5.74) is 2.51. The van der Waals surface area contributed by atoms with Crippen LogP contribution in [0, 0.1) is 0 Å². The van der Waals surface area contributed by atoms with Crippen molar-refractivity contribution in [3.05, 3.63) is 17.1 Å². The van der Waals surface area contributed by atoms with Crippen molar-refractivity contribution in [3.63, 3.8) is 0 Å². The van der Waals surface area contributed by atoms with Crippen LogP contribution in [0.2, 0.25) is 0 Å². The van der Waals surface area contributed by atoms with Gasteiger partial charge in [0.25, 0.3) is 0 Å². The van der Waals surface area contributed by atoms with E-state index in [0.29, 0.717) is 5.92 Å². The molecule has 0 radical (unpaired) electrons. The number of nitrogens with zero attached hydrogens (tertiary/aromatic N) is 2. The third kappa shape index (κ3) is 1.57. The van der Waals surface area contributed by atoms with E-state index in [2.05, 4.69) is 15.6 Å². The summed E-state index contributed by atoms with van der Waals surface area (Å²) in [5.74, 6) is 2.71. The molecule has 1 aliphatic carbocycles. The minimum Gasteiger partial charge on any atom is -0.373 e. The zero-order valence-electron chi connectivity index (χ0n) is 9.71. The molecule has 1 fully saturated rings. The van der Waals surface area contributed by atoms with Crippen molar-refractivity contribution in [2.45, 2.75) is 38.1 Å². The number of hydrogen-bond acceptors (Lipinski definition) is 4. The minimum atomic E-state index is 0.618. The smallest absolute Gasteiger partial charge is 0.134 e. The lowest BCUT2D eigenvalue weighted by molar-refractivity contribution is 0.399. The lowest BCUT2D eigenvalue weighted by Gasteiger charge is -2.27. The van der Waals surface area contributed by atoms with E-state index in [-0.39, 0.29) is 0 Å². The Balaban J connectivity index is 2.01. The van der Waals surface area contributed by atoms with Crippen LogP contribution in [0.1, 0.15) is 42.3 Å². The second-order valence-corrected chi connectivity index (χ2v) is 4.66. The minimum absolute atomic E-state index is 0.618. The Morgan fingerprint density at radius 1 is 1.31 bits per heavy atom. The second-order valence-electron chi connectivity index (χ2n) is 4.66. The highest BCUT2D eigenvalue weighted by atomic mass is 15.0. The maximum absolute atomic E-state index is 4.75. The van der Waals surface area contributed by atoms with Crippen molar-refractivity contribution < 1.29 is 0 Å². The van der Waals surface area contributed by atoms with Crippen LogP contribution >= 0.6 is 0 Å². The van der Waals surface area contributed by atoms with E-state index in [9.17, 15) is 0 Å². The van der Waals surface area contributed by atoms with Crippen molar-refractivity contribution in [3.8, 4) is 0 Å². The quantitative estimate of drug-likeness (QED) is 0.788. The molecule has 0 atom stereocenters. The molecule has 0 spiro atoms. The van der Waals surface area contributed by atoms with Gasteiger partial charge in [-0.3, -0.25) is 0 Å². The summed E-state index contributed by atoms with van der Waals surface area (Å²) in [4.78, 5) is 9.42. The molecule has 0 amide bonds. The van der Waals surface area contributed by atoms with Crippen molar-refractivity contribution in [1.82, 2.24) is 15.3 Å². The van der Waals surface area contributed by atoms with Gasteiger partial charge < -0.3 is 10.6 Å². The summed E-state index contributed by atoms with van der Waals surface area (Å²) >= 11 is 0. The van der Waals surface area contributed by atoms with E-state index >= 15 is 0 Å². The van der Waals surface area contributed by atoms with Gasteiger partial charge in [0.05, 0.1) is 5.69 Å². The molecule has 0 bridgehead atoms. The first-order valence-electron chi connectivity index (χ1n) is 6.16. The van der Waals surface area contributed by atoms with Crippen molar-refractivity contribution >= 4 is 5.82 Å². The van der Waals surface area contributed by atoms with E-state index in [4.69, 9.17) is 4.98 Å². The molecule has 0 saturated heterocycles. The first-order chi connectivity index (χ1) is 7.88. The highest BCUT2D eigenvalue weighted by Crippen LogP contribution is 2.35. The fourth-order valence-electron chi connectivity index (χ4n) is 2.42. The van der Waals surface area contributed by atoms with Gasteiger partial charge in [-0.05, 0) is 12.8 Å². The molecule has 86 valence electrons. The van der Waals surface area contributed by atoms with Crippen molar-refractivity contribution in [1.29, 1.82) is 0 Å². The zero-order chi connectivity index (χ0) is 11.0. The van der Waals surface area contributed by atoms with Crippen LogP contribution in [0.3, 0.4) is 0 Å². The Morgan fingerprint density at radius 2 is 2.19 bits per heavy atom. The summed E-state index contributed by atoms with van der Waals surface area (Å²) in [6.07, 6.45) is 4.90. The molecule has 1 saturated carbocycles. The number of rotatable bonds is 2. The fraction of sp³-hybridized carbons (Fsp3) is 0.667. The molecule has 2 aliphatic rings. The van der Waals surface area contributed by atoms with Crippen molar-refractivity contribution in [2.75, 3.05) is 18.9 Å². The van der Waals surface area contributed by atoms with Gasteiger partial charge in [-0.1, -0.05) is 6.42 Å². The highest BCUT2D eigenvalue weighted by molar-refractivity contribution is 5.47. The second kappa shape index (κ2) is 4.01. The van der Waals surface area contributed by atoms with Crippen LogP contribution in [0.4, 0.5) is 5.82 Å². The van der Waals surface area contributed by atoms with E-state index in [1.54, 1.807) is 0 Å². The number of fused-ring (bicyclic) bond motifs is 1. The van der Waals surface area contributed by atoms with Crippen molar-refractivity contribution in [2.24, 2.45) is 0 Å². The molecule has 1 aromatic heterocycles. The molecule has 1 aromatic rings. The molecule has 0 unspecified atom stereocenters. The predicted octanol–water partition coefficient (Wildman–Crippen LogP) is 1.43. The Hall–Kier alpha value is -1.16. The van der Waals surface area contributed by atoms with Gasteiger partial charge in [-0.2, -0.15) is 0 Å². The summed E-state index contributed by atoms with van der Waals surface area (Å²) in [6.45, 7) is 1.94. The number of aromatic nitrogens is 2. The first-order valence-corrected chi connectivity index (χ1v) is 6.16. The number of anilines is 1. The Morgan fingerprint density at radius 3 is 2.88 bits per heavy atom. The molecular weight excluding hydrogens is 200 g/mol. The number of nitrogens with one attached hydrogen (secondary N) is 2. The lowest BCUT2D eigenvalue weighted by atomic mass is 9.84. The zero-order valence-corrected chi connectivity index (χ0v) is 9.71. The molecule has 4 nitrogen and oxygen atoms in total. The topological polar surface area (TPSA) is 49.8 Å². The van der Waals surface area contributed by atoms with Gasteiger partial charge >= 0.3 is 0 Å². The maximum Gasteiger partial charge on any atom is 0.134 e. The van der Waals surface area contributed by atoms with Gasteiger partial charge in [0.1, 0.15) is 11.6 Å². The monoisotopic (exact) mass is 218 g/mol. The van der Waals surface area contributed by atoms with Crippen LogP contribution in [0.15, 0.2) is 0 Å². The Kier molecular flexibility index (Phi) is 2.52. The average molecular weight is 218 g/mol. The largest absolute Gasteiger partial charge is 0.373 e. The van der Waals surface area contributed by atoms with Crippen LogP contribution in [-0.4, -0.2) is 23.6 Å². The molecule has 1 aliphatic heterocycles. The molecule has 3 rings (SSSR count). The third-order valence-corrected chi connectivity index (χ3v) is 3.66. The normalized spacial score (nSPS) is 20.1. The van der Waals surface area contributed by atoms with Gasteiger partial charge in [-0.15, -0.1) is 0 Å². The standard InChI is InChI=1S/C12H18N4/c1-13-12-9-7-14-6-5-10(9)15-11(16-12)8-3-2-4-8/h8,14H,2-7H2,1H3,(H,13,15,16). The van der Waals surface area contributed by atoms with Gasteiger partial charge in [0, 0.05) is 38.0 Å². The Labute approximate surface area is 95.9 Å². The van der Waals surface area contributed by atoms with Gasteiger partial charge in [-0.25, -0.2) is 9.97 Å². The van der Waals surface area contributed by atoms with E-state index in [0.717, 1.165) is 31.2 Å². The van der Waals surface area contributed by atoms with E-state index in [1.165, 1.54) is 30.5 Å². The fourth-order valence-corrected chi connectivity index (χ4v) is 2.42. The van der Waals surface area contributed by atoms with Gasteiger partial charge in [0.2, 0.25) is 0 Å². The summed E-state index contributed by atoms with van der Waals surface area (Å²) in [6, 6.07) is 0. The molecule has 2 N–H and O–H groups in total.